The summed E-state index contributed by atoms with van der Waals surface area (Å²) in [6.07, 6.45) is 5.48. The molecule has 0 saturated carbocycles. The maximum Gasteiger partial charge on any atom is 0.328 e. The number of carbonyl (C=O) groups is 2. The number of aromatic nitrogens is 1. The van der Waals surface area contributed by atoms with Crippen molar-refractivity contribution in [3.05, 3.63) is 35.7 Å². The smallest absolute Gasteiger partial charge is 0.328 e. The third-order valence-corrected chi connectivity index (χ3v) is 3.45. The van der Waals surface area contributed by atoms with E-state index in [0.29, 0.717) is 24.5 Å². The molecule has 1 aliphatic rings. The maximum atomic E-state index is 12.2. The average molecular weight is 290 g/mol. The van der Waals surface area contributed by atoms with E-state index >= 15 is 0 Å². The minimum atomic E-state index is -1.02. The van der Waals surface area contributed by atoms with Gasteiger partial charge in [-0.15, -0.1) is 0 Å². The van der Waals surface area contributed by atoms with Crippen molar-refractivity contribution in [3.63, 3.8) is 0 Å². The van der Waals surface area contributed by atoms with Gasteiger partial charge in [-0.3, -0.25) is 9.78 Å². The maximum absolute atomic E-state index is 12.2. The van der Waals surface area contributed by atoms with Crippen molar-refractivity contribution in [1.82, 2.24) is 10.3 Å². The van der Waals surface area contributed by atoms with E-state index in [1.807, 2.05) is 6.92 Å². The summed E-state index contributed by atoms with van der Waals surface area (Å²) < 4.78 is 5.29. The van der Waals surface area contributed by atoms with Crippen LogP contribution in [0.2, 0.25) is 0 Å². The number of amides is 1. The molecule has 1 amide bonds. The Kier molecular flexibility index (Phi) is 4.70. The van der Waals surface area contributed by atoms with Crippen LogP contribution < -0.4 is 5.32 Å². The fourth-order valence-corrected chi connectivity index (χ4v) is 2.09. The van der Waals surface area contributed by atoms with Gasteiger partial charge in [0.2, 0.25) is 0 Å². The van der Waals surface area contributed by atoms with Gasteiger partial charge in [0.1, 0.15) is 5.69 Å². The van der Waals surface area contributed by atoms with E-state index in [1.165, 1.54) is 12.3 Å². The largest absolute Gasteiger partial charge is 0.478 e. The molecule has 2 heterocycles. The fourth-order valence-electron chi connectivity index (χ4n) is 2.09. The molecular weight excluding hydrogens is 272 g/mol. The van der Waals surface area contributed by atoms with Gasteiger partial charge in [-0.25, -0.2) is 4.79 Å². The van der Waals surface area contributed by atoms with Crippen LogP contribution in [0.4, 0.5) is 0 Å². The van der Waals surface area contributed by atoms with E-state index in [0.717, 1.165) is 18.9 Å². The molecule has 1 aromatic rings. The fraction of sp³-hybridized carbons (Fsp3) is 0.400. The lowest BCUT2D eigenvalue weighted by atomic mass is 9.92. The highest BCUT2D eigenvalue weighted by molar-refractivity contribution is 5.93. The molecule has 2 N–H and O–H groups in total. The lowest BCUT2D eigenvalue weighted by Crippen LogP contribution is -2.49. The zero-order valence-electron chi connectivity index (χ0n) is 11.8. The Bertz CT molecular complexity index is 545. The summed E-state index contributed by atoms with van der Waals surface area (Å²) in [5.74, 6) is -1.25. The van der Waals surface area contributed by atoms with Gasteiger partial charge in [-0.05, 0) is 37.5 Å². The molecule has 0 bridgehead atoms. The molecule has 1 aliphatic heterocycles. The summed E-state index contributed by atoms with van der Waals surface area (Å²) in [7, 11) is 0. The van der Waals surface area contributed by atoms with E-state index in [-0.39, 0.29) is 11.4 Å². The van der Waals surface area contributed by atoms with Crippen molar-refractivity contribution in [1.29, 1.82) is 0 Å². The molecule has 0 spiro atoms. The number of nitrogens with zero attached hydrogens (tertiary/aromatic N) is 1. The van der Waals surface area contributed by atoms with Gasteiger partial charge in [0.15, 0.2) is 0 Å². The van der Waals surface area contributed by atoms with Crippen LogP contribution in [0.25, 0.3) is 6.08 Å². The molecule has 0 atom stereocenters. The van der Waals surface area contributed by atoms with Crippen LogP contribution >= 0.6 is 0 Å². The Balaban J connectivity index is 2.01. The first-order valence-corrected chi connectivity index (χ1v) is 6.76. The van der Waals surface area contributed by atoms with E-state index in [2.05, 4.69) is 10.3 Å². The second-order valence-electron chi connectivity index (χ2n) is 5.28. The molecule has 6 nitrogen and oxygen atoms in total. The molecular formula is C15H18N2O4. The molecule has 2 rings (SSSR count). The number of aliphatic carboxylic acids is 1. The van der Waals surface area contributed by atoms with Gasteiger partial charge < -0.3 is 15.2 Å². The minimum Gasteiger partial charge on any atom is -0.478 e. The Labute approximate surface area is 122 Å². The van der Waals surface area contributed by atoms with Gasteiger partial charge in [0.25, 0.3) is 5.91 Å². The number of hydrogen-bond acceptors (Lipinski definition) is 4. The van der Waals surface area contributed by atoms with E-state index < -0.39 is 5.97 Å². The molecule has 1 aromatic heterocycles. The van der Waals surface area contributed by atoms with E-state index in [1.54, 1.807) is 12.1 Å². The first-order chi connectivity index (χ1) is 9.98. The Morgan fingerprint density at radius 1 is 1.38 bits per heavy atom. The lowest BCUT2D eigenvalue weighted by Gasteiger charge is -2.34. The van der Waals surface area contributed by atoms with Gasteiger partial charge in [-0.1, -0.05) is 6.07 Å². The molecule has 0 unspecified atom stereocenters. The van der Waals surface area contributed by atoms with Crippen LogP contribution in [-0.4, -0.2) is 40.7 Å². The van der Waals surface area contributed by atoms with Crippen molar-refractivity contribution in [3.8, 4) is 0 Å². The summed E-state index contributed by atoms with van der Waals surface area (Å²) >= 11 is 0. The molecule has 1 fully saturated rings. The highest BCUT2D eigenvalue weighted by Gasteiger charge is 2.29. The van der Waals surface area contributed by atoms with Gasteiger partial charge in [0, 0.05) is 31.0 Å². The normalized spacial score (nSPS) is 17.6. The minimum absolute atomic E-state index is 0.229. The summed E-state index contributed by atoms with van der Waals surface area (Å²) in [5, 5.41) is 11.5. The van der Waals surface area contributed by atoms with Crippen molar-refractivity contribution in [2.75, 3.05) is 13.2 Å². The third-order valence-electron chi connectivity index (χ3n) is 3.45. The lowest BCUT2D eigenvalue weighted by molar-refractivity contribution is -0.131. The number of carbonyl (C=O) groups excluding carboxylic acids is 1. The van der Waals surface area contributed by atoms with E-state index in [4.69, 9.17) is 9.84 Å². The van der Waals surface area contributed by atoms with Crippen LogP contribution in [0.1, 0.15) is 35.8 Å². The standard InChI is InChI=1S/C15H18N2O4/c1-15(6-8-21-9-7-15)17-14(20)12-4-2-11(10-16-12)3-5-13(18)19/h2-5,10H,6-9H2,1H3,(H,17,20)(H,18,19)/b5-3+. The van der Waals surface area contributed by atoms with Crippen molar-refractivity contribution >= 4 is 18.0 Å². The zero-order chi connectivity index (χ0) is 15.3. The highest BCUT2D eigenvalue weighted by Crippen LogP contribution is 2.20. The number of nitrogens with one attached hydrogen (secondary N) is 1. The summed E-state index contributed by atoms with van der Waals surface area (Å²) in [5.41, 5.74) is 0.681. The highest BCUT2D eigenvalue weighted by atomic mass is 16.5. The van der Waals surface area contributed by atoms with E-state index in [9.17, 15) is 9.59 Å². The summed E-state index contributed by atoms with van der Waals surface area (Å²) in [6, 6.07) is 3.24. The molecule has 0 aromatic carbocycles. The first kappa shape index (κ1) is 15.2. The van der Waals surface area contributed by atoms with Crippen molar-refractivity contribution < 1.29 is 19.4 Å². The van der Waals surface area contributed by atoms with Gasteiger partial charge in [-0.2, -0.15) is 0 Å². The SMILES string of the molecule is CC1(NC(=O)c2ccc(/C=C/C(=O)O)cn2)CCOCC1. The Hall–Kier alpha value is -2.21. The molecule has 112 valence electrons. The zero-order valence-corrected chi connectivity index (χ0v) is 11.8. The third kappa shape index (κ3) is 4.39. The molecule has 0 aliphatic carbocycles. The molecule has 0 radical (unpaired) electrons. The van der Waals surface area contributed by atoms with Crippen LogP contribution in [0.3, 0.4) is 0 Å². The molecule has 21 heavy (non-hydrogen) atoms. The number of carboxylic acid groups (broad SMARTS) is 1. The van der Waals surface area contributed by atoms with Crippen LogP contribution in [0.15, 0.2) is 24.4 Å². The second kappa shape index (κ2) is 6.49. The van der Waals surface area contributed by atoms with Crippen LogP contribution in [0.5, 0.6) is 0 Å². The van der Waals surface area contributed by atoms with Crippen molar-refractivity contribution in [2.45, 2.75) is 25.3 Å². The molecule has 6 heteroatoms. The second-order valence-corrected chi connectivity index (χ2v) is 5.28. The number of hydrogen-bond donors (Lipinski definition) is 2. The van der Waals surface area contributed by atoms with Crippen molar-refractivity contribution in [2.24, 2.45) is 0 Å². The monoisotopic (exact) mass is 290 g/mol. The Morgan fingerprint density at radius 2 is 2.10 bits per heavy atom. The number of carboxylic acids is 1. The van der Waals surface area contributed by atoms with Crippen LogP contribution in [0, 0.1) is 0 Å². The Morgan fingerprint density at radius 3 is 2.67 bits per heavy atom. The predicted octanol–water partition coefficient (Wildman–Crippen LogP) is 1.48. The summed E-state index contributed by atoms with van der Waals surface area (Å²) in [6.45, 7) is 3.28. The molecule has 1 saturated heterocycles. The average Bonchev–Trinajstić information content (AvgIpc) is 2.46. The first-order valence-electron chi connectivity index (χ1n) is 6.76. The predicted molar refractivity (Wildman–Crippen MR) is 76.8 cm³/mol. The quantitative estimate of drug-likeness (QED) is 0.820. The van der Waals surface area contributed by atoms with Gasteiger partial charge >= 0.3 is 5.97 Å². The van der Waals surface area contributed by atoms with Crippen LogP contribution in [-0.2, 0) is 9.53 Å². The summed E-state index contributed by atoms with van der Waals surface area (Å²) in [4.78, 5) is 26.7. The number of ether oxygens (including phenoxy) is 1. The number of pyridine rings is 1. The van der Waals surface area contributed by atoms with Gasteiger partial charge in [0.05, 0.1) is 0 Å². The topological polar surface area (TPSA) is 88.5 Å². The number of rotatable bonds is 4.